The van der Waals surface area contributed by atoms with E-state index in [0.717, 1.165) is 23.8 Å². The number of azo groups is 1. The zero-order valence-electron chi connectivity index (χ0n) is 22.8. The fourth-order valence-corrected chi connectivity index (χ4v) is 5.53. The number of phenols is 1. The molecule has 5 rings (SSSR count). The zero-order valence-corrected chi connectivity index (χ0v) is 25.1. The maximum atomic E-state index is 12.1. The Morgan fingerprint density at radius 3 is 2.11 bits per heavy atom. The van der Waals surface area contributed by atoms with Crippen LogP contribution in [0.3, 0.4) is 0 Å². The second kappa shape index (κ2) is 11.7. The van der Waals surface area contributed by atoms with Gasteiger partial charge in [0.2, 0.25) is 17.2 Å². The Morgan fingerprint density at radius 1 is 0.795 bits per heavy atom. The molecule has 0 amide bonds. The first kappa shape index (κ1) is 30.7. The molecule has 226 valence electrons. The number of hydrogen-bond donors (Lipinski definition) is 5. The molecule has 0 aliphatic carbocycles. The van der Waals surface area contributed by atoms with E-state index in [0.29, 0.717) is 11.3 Å². The van der Waals surface area contributed by atoms with Crippen LogP contribution in [-0.4, -0.2) is 46.0 Å². The second-order valence-corrected chi connectivity index (χ2v) is 12.6. The zero-order chi connectivity index (χ0) is 31.8. The van der Waals surface area contributed by atoms with Crippen LogP contribution in [-0.2, 0) is 20.2 Å². The van der Waals surface area contributed by atoms with Gasteiger partial charge in [-0.1, -0.05) is 29.8 Å². The highest BCUT2D eigenvalue weighted by atomic mass is 35.5. The molecule has 0 radical (unpaired) electrons. The average molecular weight is 656 g/mol. The molecule has 5 aromatic rings. The summed E-state index contributed by atoms with van der Waals surface area (Å²) in [7, 11) is -9.33. The van der Waals surface area contributed by atoms with E-state index in [2.05, 4.69) is 35.8 Å². The molecule has 0 aliphatic rings. The molecule has 1 aromatic heterocycles. The molecule has 0 saturated heterocycles. The minimum Gasteiger partial charge on any atom is -0.505 e. The van der Waals surface area contributed by atoms with Crippen molar-refractivity contribution in [2.75, 3.05) is 10.6 Å². The summed E-state index contributed by atoms with van der Waals surface area (Å²) >= 11 is 6.14. The van der Waals surface area contributed by atoms with E-state index in [4.69, 9.17) is 11.6 Å². The SMILES string of the molecule is Cc1ccc(Nc2nc(Cl)nc(Nc3cc(S(=O)(=O)O)cc4cc(C)c(N=Nc5ccccc5S(=O)(=O)O)c(O)c34)n2)cc1. The van der Waals surface area contributed by atoms with Crippen molar-refractivity contribution >= 4 is 77.3 Å². The predicted octanol–water partition coefficient (Wildman–Crippen LogP) is 6.40. The van der Waals surface area contributed by atoms with Crippen LogP contribution in [0.5, 0.6) is 5.75 Å². The van der Waals surface area contributed by atoms with E-state index >= 15 is 0 Å². The monoisotopic (exact) mass is 655 g/mol. The summed E-state index contributed by atoms with van der Waals surface area (Å²) in [6, 6.07) is 16.3. The van der Waals surface area contributed by atoms with Crippen LogP contribution in [0.1, 0.15) is 11.1 Å². The van der Waals surface area contributed by atoms with Crippen molar-refractivity contribution in [3.05, 3.63) is 83.1 Å². The van der Waals surface area contributed by atoms with E-state index in [1.165, 1.54) is 24.3 Å². The molecule has 17 heteroatoms. The molecule has 0 fully saturated rings. The number of rotatable bonds is 8. The number of phenolic OH excluding ortho intramolecular Hbond substituents is 1. The van der Waals surface area contributed by atoms with E-state index < -0.39 is 35.8 Å². The summed E-state index contributed by atoms with van der Waals surface area (Å²) in [5.74, 6) is -0.562. The summed E-state index contributed by atoms with van der Waals surface area (Å²) < 4.78 is 67.1. The smallest absolute Gasteiger partial charge is 0.296 e. The Hall–Kier alpha value is -4.74. The predicted molar refractivity (Wildman–Crippen MR) is 163 cm³/mol. The highest BCUT2D eigenvalue weighted by Crippen LogP contribution is 2.44. The number of anilines is 4. The molecule has 14 nitrogen and oxygen atoms in total. The van der Waals surface area contributed by atoms with Crippen LogP contribution in [0, 0.1) is 13.8 Å². The molecule has 0 aliphatic heterocycles. The normalized spacial score (nSPS) is 12.1. The minimum absolute atomic E-state index is 0.0320. The van der Waals surface area contributed by atoms with E-state index in [1.54, 1.807) is 19.1 Å². The van der Waals surface area contributed by atoms with Gasteiger partial charge in [0, 0.05) is 11.1 Å². The maximum Gasteiger partial charge on any atom is 0.296 e. The Kier molecular flexibility index (Phi) is 8.19. The molecule has 44 heavy (non-hydrogen) atoms. The Morgan fingerprint density at radius 2 is 1.45 bits per heavy atom. The van der Waals surface area contributed by atoms with Crippen molar-refractivity contribution in [2.45, 2.75) is 23.6 Å². The van der Waals surface area contributed by atoms with Gasteiger partial charge in [0.25, 0.3) is 20.2 Å². The number of aromatic hydroxyl groups is 1. The van der Waals surface area contributed by atoms with Crippen LogP contribution < -0.4 is 10.6 Å². The molecule has 0 saturated carbocycles. The van der Waals surface area contributed by atoms with E-state index in [-0.39, 0.29) is 45.0 Å². The van der Waals surface area contributed by atoms with E-state index in [1.807, 2.05) is 19.1 Å². The third kappa shape index (κ3) is 6.74. The molecule has 4 aromatic carbocycles. The maximum absolute atomic E-state index is 12.1. The second-order valence-electron chi connectivity index (χ2n) is 9.45. The Labute approximate surface area is 256 Å². The highest BCUT2D eigenvalue weighted by molar-refractivity contribution is 7.86. The van der Waals surface area contributed by atoms with Crippen molar-refractivity contribution < 1.29 is 31.0 Å². The largest absolute Gasteiger partial charge is 0.505 e. The third-order valence-electron chi connectivity index (χ3n) is 6.21. The lowest BCUT2D eigenvalue weighted by molar-refractivity contribution is 0.480. The molecular formula is C27H22ClN7O7S2. The van der Waals surface area contributed by atoms with Gasteiger partial charge in [-0.15, -0.1) is 10.2 Å². The molecule has 1 heterocycles. The van der Waals surface area contributed by atoms with Crippen molar-refractivity contribution in [1.82, 2.24) is 15.0 Å². The summed E-state index contributed by atoms with van der Waals surface area (Å²) in [6.07, 6.45) is 0. The molecule has 0 unspecified atom stereocenters. The molecule has 5 N–H and O–H groups in total. The fourth-order valence-electron chi connectivity index (χ4n) is 4.21. The lowest BCUT2D eigenvalue weighted by atomic mass is 10.0. The third-order valence-corrected chi connectivity index (χ3v) is 8.11. The van der Waals surface area contributed by atoms with Crippen LogP contribution in [0.25, 0.3) is 10.8 Å². The number of halogens is 1. The first-order valence-corrected chi connectivity index (χ1v) is 15.7. The van der Waals surface area contributed by atoms with Crippen LogP contribution in [0.4, 0.5) is 34.6 Å². The fraction of sp³-hybridized carbons (Fsp3) is 0.0741. The number of benzene rings is 4. The quantitative estimate of drug-likeness (QED) is 0.0906. The number of fused-ring (bicyclic) bond motifs is 1. The Bertz CT molecular complexity index is 2180. The first-order valence-electron chi connectivity index (χ1n) is 12.5. The van der Waals surface area contributed by atoms with Crippen molar-refractivity contribution in [3.8, 4) is 5.75 Å². The number of hydrogen-bond acceptors (Lipinski definition) is 12. The van der Waals surface area contributed by atoms with Gasteiger partial charge in [-0.25, -0.2) is 0 Å². The molecule has 0 atom stereocenters. The lowest BCUT2D eigenvalue weighted by Crippen LogP contribution is -2.06. The van der Waals surface area contributed by atoms with Gasteiger partial charge in [0.15, 0.2) is 5.75 Å². The summed E-state index contributed by atoms with van der Waals surface area (Å²) in [5, 5.41) is 25.1. The minimum atomic E-state index is -4.71. The van der Waals surface area contributed by atoms with Gasteiger partial charge >= 0.3 is 0 Å². The number of nitrogens with zero attached hydrogens (tertiary/aromatic N) is 5. The standard InChI is InChI=1S/C27H22ClN7O7S2/c1-14-7-9-17(10-8-14)29-26-31-25(28)32-27(33-26)30-20-13-18(43(37,38)39)12-16-11-15(2)23(24(36)22(16)20)35-34-19-5-3-4-6-21(19)44(40,41)42/h3-13,36H,1-2H3,(H,37,38,39)(H,40,41,42)(H2,29,30,31,32,33). The lowest BCUT2D eigenvalue weighted by Gasteiger charge is -2.15. The van der Waals surface area contributed by atoms with Crippen LogP contribution in [0.15, 0.2) is 86.7 Å². The van der Waals surface area contributed by atoms with E-state index in [9.17, 15) is 31.0 Å². The van der Waals surface area contributed by atoms with Gasteiger partial charge in [-0.3, -0.25) is 9.11 Å². The van der Waals surface area contributed by atoms with Gasteiger partial charge in [0.1, 0.15) is 16.3 Å². The van der Waals surface area contributed by atoms with Crippen molar-refractivity contribution in [3.63, 3.8) is 0 Å². The van der Waals surface area contributed by atoms with Gasteiger partial charge in [-0.2, -0.15) is 31.8 Å². The summed E-state index contributed by atoms with van der Waals surface area (Å²) in [5.41, 5.74) is 1.65. The molecule has 0 bridgehead atoms. The highest BCUT2D eigenvalue weighted by Gasteiger charge is 2.21. The van der Waals surface area contributed by atoms with Crippen LogP contribution in [0.2, 0.25) is 5.28 Å². The van der Waals surface area contributed by atoms with Crippen LogP contribution >= 0.6 is 11.6 Å². The Balaban J connectivity index is 1.63. The van der Waals surface area contributed by atoms with Crippen molar-refractivity contribution in [1.29, 1.82) is 0 Å². The average Bonchev–Trinajstić information content (AvgIpc) is 2.92. The van der Waals surface area contributed by atoms with Gasteiger partial charge in [-0.05, 0) is 78.9 Å². The molecular weight excluding hydrogens is 634 g/mol. The summed E-state index contributed by atoms with van der Waals surface area (Å²) in [6.45, 7) is 3.48. The van der Waals surface area contributed by atoms with Gasteiger partial charge in [0.05, 0.1) is 10.6 Å². The first-order chi connectivity index (χ1) is 20.7. The van der Waals surface area contributed by atoms with Crippen molar-refractivity contribution in [2.24, 2.45) is 10.2 Å². The summed E-state index contributed by atoms with van der Waals surface area (Å²) in [4.78, 5) is 11.4. The van der Waals surface area contributed by atoms with Gasteiger partial charge < -0.3 is 15.7 Å². The number of aryl methyl sites for hydroxylation is 2. The number of nitrogens with one attached hydrogen (secondary N) is 2. The number of aromatic nitrogens is 3. The molecule has 0 spiro atoms. The topological polar surface area (TPSA) is 216 Å².